The molecular weight excluding hydrogens is 383 g/mol. The molecule has 0 nitrogen and oxygen atoms in total. The van der Waals surface area contributed by atoms with Crippen LogP contribution in [0.1, 0.15) is 22.3 Å². The normalized spacial score (nSPS) is 21.5. The highest BCUT2D eigenvalue weighted by Crippen LogP contribution is 2.52. The second-order valence-corrected chi connectivity index (χ2v) is 7.50. The molecule has 3 heteroatoms. The number of fused-ring (bicyclic) bond motifs is 1. The molecule has 0 N–H and O–H groups in total. The van der Waals surface area contributed by atoms with Gasteiger partial charge >= 0.3 is 0 Å². The third kappa shape index (κ3) is 2.16. The Morgan fingerprint density at radius 2 is 1.79 bits per heavy atom. The van der Waals surface area contributed by atoms with E-state index in [0.717, 1.165) is 8.62 Å². The second kappa shape index (κ2) is 5.19. The average Bonchev–Trinajstić information content (AvgIpc) is 2.74. The van der Waals surface area contributed by atoms with Crippen LogP contribution in [-0.2, 0) is 4.75 Å². The predicted molar refractivity (Wildman–Crippen MR) is 96.6 cm³/mol. The zero-order valence-electron chi connectivity index (χ0n) is 10.5. The first-order chi connectivity index (χ1) is 9.17. The van der Waals surface area contributed by atoms with E-state index in [2.05, 4.69) is 78.0 Å². The Labute approximate surface area is 137 Å². The molecule has 0 saturated heterocycles. The number of benzene rings is 2. The number of hydrogen-bond acceptors (Lipinski definition) is 2. The first-order valence-corrected chi connectivity index (χ1v) is 8.88. The summed E-state index contributed by atoms with van der Waals surface area (Å²) in [5.41, 5.74) is 5.25. The van der Waals surface area contributed by atoms with Crippen LogP contribution in [0.15, 0.2) is 48.5 Å². The molecule has 1 aliphatic rings. The molecule has 1 aliphatic heterocycles. The lowest BCUT2D eigenvalue weighted by Crippen LogP contribution is -2.22. The fourth-order valence-corrected chi connectivity index (χ4v) is 5.62. The lowest BCUT2D eigenvalue weighted by Gasteiger charge is -2.27. The highest BCUT2D eigenvalue weighted by Gasteiger charge is 2.42. The Bertz CT molecular complexity index is 633. The van der Waals surface area contributed by atoms with Crippen LogP contribution in [-0.4, -0.2) is 8.62 Å². The number of rotatable bonds is 2. The van der Waals surface area contributed by atoms with Crippen LogP contribution in [0.25, 0.3) is 0 Å². The minimum Gasteiger partial charge on any atom is -0.0966 e. The Balaban J connectivity index is 2.21. The van der Waals surface area contributed by atoms with Crippen LogP contribution >= 0.6 is 46.6 Å². The summed E-state index contributed by atoms with van der Waals surface area (Å²) in [6.45, 7) is 2.13. The fourth-order valence-electron chi connectivity index (χ4n) is 2.50. The molecule has 0 aliphatic carbocycles. The Morgan fingerprint density at radius 1 is 1.11 bits per heavy atom. The van der Waals surface area contributed by atoms with Crippen molar-refractivity contribution in [2.45, 2.75) is 11.7 Å². The number of hydrogen-bond donors (Lipinski definition) is 0. The van der Waals surface area contributed by atoms with Crippen LogP contribution in [0.2, 0.25) is 0 Å². The Hall–Kier alpha value is -0.390. The van der Waals surface area contributed by atoms with Crippen molar-refractivity contribution < 1.29 is 0 Å². The highest BCUT2D eigenvalue weighted by molar-refractivity contribution is 14.1. The molecule has 96 valence electrons. The van der Waals surface area contributed by atoms with Crippen molar-refractivity contribution in [1.82, 2.24) is 0 Å². The van der Waals surface area contributed by atoms with Gasteiger partial charge in [-0.3, -0.25) is 0 Å². The van der Waals surface area contributed by atoms with E-state index in [0.29, 0.717) is 0 Å². The average molecular weight is 396 g/mol. The summed E-state index contributed by atoms with van der Waals surface area (Å²) >= 11 is 9.88. The smallest absolute Gasteiger partial charge is 0.0808 e. The van der Waals surface area contributed by atoms with E-state index in [-0.39, 0.29) is 4.75 Å². The van der Waals surface area contributed by atoms with Crippen molar-refractivity contribution in [3.63, 3.8) is 0 Å². The van der Waals surface area contributed by atoms with Gasteiger partial charge in [0.1, 0.15) is 0 Å². The molecule has 0 amide bonds. The van der Waals surface area contributed by atoms with E-state index in [1.54, 1.807) is 0 Å². The van der Waals surface area contributed by atoms with Crippen molar-refractivity contribution in [2.75, 3.05) is 4.43 Å². The summed E-state index contributed by atoms with van der Waals surface area (Å²) in [6.07, 6.45) is 0. The number of thiocarbonyl (C=S) groups is 1. The molecule has 1 unspecified atom stereocenters. The number of alkyl halides is 1. The summed E-state index contributed by atoms with van der Waals surface area (Å²) < 4.78 is 2.03. The SMILES string of the molecule is Cc1ccc(C2(CI)SC(=S)c3ccccc32)cc1. The second-order valence-electron chi connectivity index (χ2n) is 4.76. The quantitative estimate of drug-likeness (QED) is 0.394. The molecule has 2 aromatic carbocycles. The van der Waals surface area contributed by atoms with Crippen LogP contribution in [0, 0.1) is 6.92 Å². The van der Waals surface area contributed by atoms with Gasteiger partial charge < -0.3 is 0 Å². The van der Waals surface area contributed by atoms with Crippen LogP contribution in [0.4, 0.5) is 0 Å². The van der Waals surface area contributed by atoms with E-state index < -0.39 is 0 Å². The largest absolute Gasteiger partial charge is 0.0966 e. The molecule has 0 radical (unpaired) electrons. The standard InChI is InChI=1S/C16H13IS2/c1-11-6-8-12(9-7-11)16(10-17)14-5-3-2-4-13(14)15(18)19-16/h2-9H,10H2,1H3. The van der Waals surface area contributed by atoms with Gasteiger partial charge in [0.05, 0.1) is 8.94 Å². The highest BCUT2D eigenvalue weighted by atomic mass is 127. The molecule has 2 aromatic rings. The molecule has 0 bridgehead atoms. The summed E-state index contributed by atoms with van der Waals surface area (Å²) in [7, 11) is 0. The van der Waals surface area contributed by atoms with Gasteiger partial charge in [0.25, 0.3) is 0 Å². The van der Waals surface area contributed by atoms with Gasteiger partial charge in [-0.25, -0.2) is 0 Å². The third-order valence-electron chi connectivity index (χ3n) is 3.56. The minimum atomic E-state index is -0.0120. The van der Waals surface area contributed by atoms with Crippen molar-refractivity contribution in [3.8, 4) is 0 Å². The van der Waals surface area contributed by atoms with E-state index in [9.17, 15) is 0 Å². The first kappa shape index (κ1) is 13.6. The monoisotopic (exact) mass is 396 g/mol. The van der Waals surface area contributed by atoms with E-state index >= 15 is 0 Å². The lowest BCUT2D eigenvalue weighted by molar-refractivity contribution is 0.878. The van der Waals surface area contributed by atoms with E-state index in [1.807, 2.05) is 11.8 Å². The molecule has 0 spiro atoms. The van der Waals surface area contributed by atoms with Gasteiger partial charge in [-0.2, -0.15) is 0 Å². The van der Waals surface area contributed by atoms with Crippen molar-refractivity contribution >= 4 is 50.8 Å². The van der Waals surface area contributed by atoms with Gasteiger partial charge in [-0.05, 0) is 18.1 Å². The Morgan fingerprint density at radius 3 is 2.47 bits per heavy atom. The number of aryl methyl sites for hydroxylation is 1. The summed E-state index contributed by atoms with van der Waals surface area (Å²) in [5, 5.41) is 0. The zero-order chi connectivity index (χ0) is 13.5. The van der Waals surface area contributed by atoms with Crippen molar-refractivity contribution in [2.24, 2.45) is 0 Å². The maximum atomic E-state index is 5.57. The Kier molecular flexibility index (Phi) is 3.71. The maximum absolute atomic E-state index is 5.57. The molecule has 0 aromatic heterocycles. The van der Waals surface area contributed by atoms with Gasteiger partial charge in [-0.15, -0.1) is 0 Å². The molecule has 1 atom stereocenters. The number of thioether (sulfide) groups is 1. The van der Waals surface area contributed by atoms with Gasteiger partial charge in [0, 0.05) is 9.99 Å². The van der Waals surface area contributed by atoms with Gasteiger partial charge in [-0.1, -0.05) is 101 Å². The molecule has 1 heterocycles. The third-order valence-corrected chi connectivity index (χ3v) is 7.04. The van der Waals surface area contributed by atoms with Crippen molar-refractivity contribution in [1.29, 1.82) is 0 Å². The summed E-state index contributed by atoms with van der Waals surface area (Å²) in [5.74, 6) is 0. The van der Waals surface area contributed by atoms with E-state index in [4.69, 9.17) is 12.2 Å². The summed E-state index contributed by atoms with van der Waals surface area (Å²) in [6, 6.07) is 17.4. The van der Waals surface area contributed by atoms with E-state index in [1.165, 1.54) is 22.3 Å². The van der Waals surface area contributed by atoms with Gasteiger partial charge in [0.15, 0.2) is 0 Å². The molecule has 19 heavy (non-hydrogen) atoms. The molecular formula is C16H13IS2. The van der Waals surface area contributed by atoms with Gasteiger partial charge in [0.2, 0.25) is 0 Å². The first-order valence-electron chi connectivity index (χ1n) is 6.13. The van der Waals surface area contributed by atoms with Crippen LogP contribution in [0.3, 0.4) is 0 Å². The molecule has 0 saturated carbocycles. The lowest BCUT2D eigenvalue weighted by atomic mass is 9.89. The van der Waals surface area contributed by atoms with Crippen LogP contribution < -0.4 is 0 Å². The molecule has 0 fully saturated rings. The minimum absolute atomic E-state index is 0.0120. The fraction of sp³-hybridized carbons (Fsp3) is 0.188. The number of halogens is 1. The molecule has 3 rings (SSSR count). The topological polar surface area (TPSA) is 0 Å². The summed E-state index contributed by atoms with van der Waals surface area (Å²) in [4.78, 5) is 0. The van der Waals surface area contributed by atoms with Crippen LogP contribution in [0.5, 0.6) is 0 Å². The zero-order valence-corrected chi connectivity index (χ0v) is 14.3. The maximum Gasteiger partial charge on any atom is 0.0808 e. The van der Waals surface area contributed by atoms with Crippen molar-refractivity contribution in [3.05, 3.63) is 70.8 Å². The predicted octanol–water partition coefficient (Wildman–Crippen LogP) is 5.10.